The lowest BCUT2D eigenvalue weighted by molar-refractivity contribution is -0.158. The minimum atomic E-state index is -0.548. The molecule has 6 aromatic rings. The van der Waals surface area contributed by atoms with Crippen LogP contribution in [0.4, 0.5) is 0 Å². The first-order valence-electron chi connectivity index (χ1n) is 15.4. The molecule has 0 fully saturated rings. The Hall–Kier alpha value is -4.43. The number of esters is 1. The molecule has 2 aromatic heterocycles. The van der Waals surface area contributed by atoms with E-state index in [1.807, 2.05) is 12.1 Å². The topological polar surface area (TPSA) is 54.0 Å². The number of carbonyl (C=O) groups is 1. The molecule has 46 heavy (non-hydrogen) atoms. The maximum atomic E-state index is 11.6. The highest BCUT2D eigenvalue weighted by atomic mass is 32.1. The van der Waals surface area contributed by atoms with Crippen LogP contribution < -0.4 is 9.47 Å². The number of ether oxygens (including phenoxy) is 4. The number of aryl methyl sites for hydroxylation is 2. The van der Waals surface area contributed by atoms with Gasteiger partial charge < -0.3 is 18.9 Å². The Bertz CT molecular complexity index is 1840. The average molecular weight is 649 g/mol. The molecule has 0 unspecified atom stereocenters. The summed E-state index contributed by atoms with van der Waals surface area (Å²) < 4.78 is 25.6. The van der Waals surface area contributed by atoms with Crippen LogP contribution in [-0.4, -0.2) is 32.1 Å². The van der Waals surface area contributed by atoms with Crippen LogP contribution >= 0.6 is 22.7 Å². The van der Waals surface area contributed by atoms with Crippen molar-refractivity contribution in [2.45, 2.75) is 32.8 Å². The molecule has 0 N–H and O–H groups in total. The van der Waals surface area contributed by atoms with Gasteiger partial charge in [0, 0.05) is 25.2 Å². The molecule has 0 saturated carbocycles. The molecule has 0 atom stereocenters. The molecule has 7 heteroatoms. The molecule has 0 spiro atoms. The molecule has 0 aliphatic heterocycles. The van der Waals surface area contributed by atoms with Crippen molar-refractivity contribution in [1.82, 2.24) is 0 Å². The van der Waals surface area contributed by atoms with Gasteiger partial charge in [0.1, 0.15) is 30.8 Å². The Morgan fingerprint density at radius 3 is 1.70 bits per heavy atom. The molecule has 2 heterocycles. The van der Waals surface area contributed by atoms with Gasteiger partial charge in [-0.05, 0) is 94.4 Å². The second-order valence-corrected chi connectivity index (χ2v) is 13.0. The predicted octanol–water partition coefficient (Wildman–Crippen LogP) is 10.1. The lowest BCUT2D eigenvalue weighted by Gasteiger charge is -2.19. The Morgan fingerprint density at radius 1 is 0.717 bits per heavy atom. The van der Waals surface area contributed by atoms with E-state index in [9.17, 15) is 4.79 Å². The van der Waals surface area contributed by atoms with Crippen LogP contribution in [0, 0.1) is 0 Å². The molecule has 0 aliphatic carbocycles. The van der Waals surface area contributed by atoms with Crippen molar-refractivity contribution < 1.29 is 23.7 Å². The van der Waals surface area contributed by atoms with E-state index in [2.05, 4.69) is 105 Å². The van der Waals surface area contributed by atoms with Gasteiger partial charge in [-0.15, -0.1) is 22.7 Å². The van der Waals surface area contributed by atoms with E-state index >= 15 is 0 Å². The quantitative estimate of drug-likeness (QED) is 0.0668. The van der Waals surface area contributed by atoms with Crippen molar-refractivity contribution in [3.63, 3.8) is 0 Å². The van der Waals surface area contributed by atoms with Crippen molar-refractivity contribution in [2.75, 3.05) is 20.0 Å². The summed E-state index contributed by atoms with van der Waals surface area (Å²) in [6.07, 6.45) is 2.59. The fourth-order valence-corrected chi connectivity index (χ4v) is 7.68. The van der Waals surface area contributed by atoms with Gasteiger partial charge in [-0.1, -0.05) is 69.0 Å². The largest absolute Gasteiger partial charge is 0.491 e. The number of carbonyl (C=O) groups excluding carboxylic acids is 1. The van der Waals surface area contributed by atoms with Gasteiger partial charge in [0.05, 0.1) is 0 Å². The standard InChI is InChI=1S/C39H36O5S2/c1-4-26-11-7-9-13-33(26)37-19-28-15-17-30(21-35(28)45-37)41-23-32(43-25-44-39(40)6-3)24-42-31-18-16-29-20-38(46-36(29)22-31)34-14-10-8-12-27(34)5-2/h6-22,32H,3-5,23-25H2,1-2H3. The third-order valence-electron chi connectivity index (χ3n) is 7.85. The lowest BCUT2D eigenvalue weighted by Crippen LogP contribution is -2.30. The summed E-state index contributed by atoms with van der Waals surface area (Å²) in [7, 11) is 0. The van der Waals surface area contributed by atoms with Crippen LogP contribution in [-0.2, 0) is 27.1 Å². The van der Waals surface area contributed by atoms with Gasteiger partial charge in [-0.2, -0.15) is 0 Å². The zero-order valence-corrected chi connectivity index (χ0v) is 27.6. The lowest BCUT2D eigenvalue weighted by atomic mass is 10.0. The van der Waals surface area contributed by atoms with Gasteiger partial charge in [0.25, 0.3) is 0 Å². The number of fused-ring (bicyclic) bond motifs is 2. The predicted molar refractivity (Wildman–Crippen MR) is 190 cm³/mol. The smallest absolute Gasteiger partial charge is 0.332 e. The monoisotopic (exact) mass is 648 g/mol. The Kier molecular flexibility index (Phi) is 10.1. The van der Waals surface area contributed by atoms with Crippen molar-refractivity contribution in [3.8, 4) is 32.4 Å². The normalized spacial score (nSPS) is 11.3. The highest BCUT2D eigenvalue weighted by Crippen LogP contribution is 2.38. The maximum Gasteiger partial charge on any atom is 0.332 e. The molecule has 5 nitrogen and oxygen atoms in total. The summed E-state index contributed by atoms with van der Waals surface area (Å²) >= 11 is 3.51. The molecule has 6 rings (SSSR count). The average Bonchev–Trinajstić information content (AvgIpc) is 3.72. The van der Waals surface area contributed by atoms with E-state index in [1.165, 1.54) is 42.8 Å². The first-order chi connectivity index (χ1) is 22.5. The van der Waals surface area contributed by atoms with Gasteiger partial charge in [0.2, 0.25) is 0 Å². The second-order valence-electron chi connectivity index (χ2n) is 10.8. The Morgan fingerprint density at radius 2 is 1.22 bits per heavy atom. The minimum Gasteiger partial charge on any atom is -0.491 e. The van der Waals surface area contributed by atoms with Gasteiger partial charge in [-0.3, -0.25) is 0 Å². The number of hydrogen-bond acceptors (Lipinski definition) is 7. The number of rotatable bonds is 14. The van der Waals surface area contributed by atoms with E-state index < -0.39 is 12.1 Å². The molecule has 0 amide bonds. The molecule has 234 valence electrons. The first kappa shape index (κ1) is 31.5. The molecule has 0 radical (unpaired) electrons. The van der Waals surface area contributed by atoms with Crippen LogP contribution in [0.2, 0.25) is 0 Å². The fraction of sp³-hybridized carbons (Fsp3) is 0.205. The van der Waals surface area contributed by atoms with Crippen LogP contribution in [0.3, 0.4) is 0 Å². The van der Waals surface area contributed by atoms with Crippen LogP contribution in [0.1, 0.15) is 25.0 Å². The summed E-state index contributed by atoms with van der Waals surface area (Å²) in [6, 6.07) is 33.8. The van der Waals surface area contributed by atoms with Crippen LogP contribution in [0.5, 0.6) is 11.5 Å². The Balaban J connectivity index is 1.14. The van der Waals surface area contributed by atoms with Crippen LogP contribution in [0.15, 0.2) is 110 Å². The minimum absolute atomic E-state index is 0.216. The highest BCUT2D eigenvalue weighted by molar-refractivity contribution is 7.22. The summed E-state index contributed by atoms with van der Waals surface area (Å²) in [5.74, 6) is 0.926. The summed E-state index contributed by atoms with van der Waals surface area (Å²) in [6.45, 7) is 8.02. The molecular formula is C39H36O5S2. The van der Waals surface area contributed by atoms with Crippen molar-refractivity contribution in [1.29, 1.82) is 0 Å². The number of benzene rings is 4. The Labute approximate surface area is 277 Å². The molecular weight excluding hydrogens is 613 g/mol. The SMILES string of the molecule is C=CC(=O)OCOC(COc1ccc2cc(-c3ccccc3CC)sc2c1)COc1ccc2cc(-c3ccccc3CC)sc2c1. The van der Waals surface area contributed by atoms with E-state index in [-0.39, 0.29) is 20.0 Å². The molecule has 0 aliphatic rings. The van der Waals surface area contributed by atoms with Gasteiger partial charge in [0.15, 0.2) is 6.79 Å². The molecule has 4 aromatic carbocycles. The fourth-order valence-electron chi connectivity index (χ4n) is 5.38. The van der Waals surface area contributed by atoms with Crippen molar-refractivity contribution in [3.05, 3.63) is 121 Å². The number of thiophene rings is 2. The molecule has 0 bridgehead atoms. The van der Waals surface area contributed by atoms with Gasteiger partial charge in [-0.25, -0.2) is 4.79 Å². The maximum absolute atomic E-state index is 11.6. The van der Waals surface area contributed by atoms with Gasteiger partial charge >= 0.3 is 5.97 Å². The van der Waals surface area contributed by atoms with E-state index in [0.717, 1.165) is 39.8 Å². The van der Waals surface area contributed by atoms with Crippen molar-refractivity contribution >= 4 is 48.8 Å². The van der Waals surface area contributed by atoms with Crippen LogP contribution in [0.25, 0.3) is 41.1 Å². The third kappa shape index (κ3) is 7.34. The number of hydrogen-bond donors (Lipinski definition) is 0. The summed E-state index contributed by atoms with van der Waals surface area (Å²) in [5, 5.41) is 2.35. The van der Waals surface area contributed by atoms with E-state index in [1.54, 1.807) is 22.7 Å². The van der Waals surface area contributed by atoms with Crippen molar-refractivity contribution in [2.24, 2.45) is 0 Å². The summed E-state index contributed by atoms with van der Waals surface area (Å²) in [5.41, 5.74) is 5.22. The van der Waals surface area contributed by atoms with E-state index in [4.69, 9.17) is 18.9 Å². The highest BCUT2D eigenvalue weighted by Gasteiger charge is 2.15. The van der Waals surface area contributed by atoms with E-state index in [0.29, 0.717) is 0 Å². The zero-order chi connectivity index (χ0) is 31.9. The third-order valence-corrected chi connectivity index (χ3v) is 10.1. The second kappa shape index (κ2) is 14.8. The zero-order valence-electron chi connectivity index (χ0n) is 26.0. The first-order valence-corrected chi connectivity index (χ1v) is 17.1. The summed E-state index contributed by atoms with van der Waals surface area (Å²) in [4.78, 5) is 14.1. The molecule has 0 saturated heterocycles.